The molecule has 3 nitrogen and oxygen atoms in total. The highest BCUT2D eigenvalue weighted by atomic mass is 19.1. The summed E-state index contributed by atoms with van der Waals surface area (Å²) in [5, 5.41) is 3.68. The summed E-state index contributed by atoms with van der Waals surface area (Å²) in [5.74, 6) is -0.306. The molecule has 0 spiro atoms. The van der Waals surface area contributed by atoms with E-state index in [-0.39, 0.29) is 11.2 Å². The second-order valence-electron chi connectivity index (χ2n) is 2.18. The molecule has 2 aromatic rings. The number of nitrogens with zero attached hydrogens (tertiary/aromatic N) is 1. The molecule has 0 amide bonds. The van der Waals surface area contributed by atoms with Crippen molar-refractivity contribution >= 4 is 16.8 Å². The molecule has 1 heterocycles. The van der Waals surface area contributed by atoms with Gasteiger partial charge in [0.15, 0.2) is 11.4 Å². The van der Waals surface area contributed by atoms with E-state index < -0.39 is 5.82 Å². The Labute approximate surface area is 61.6 Å². The summed E-state index contributed by atoms with van der Waals surface area (Å²) in [6.45, 7) is 0. The first-order valence-corrected chi connectivity index (χ1v) is 3.08. The van der Waals surface area contributed by atoms with Gasteiger partial charge in [0, 0.05) is 0 Å². The first kappa shape index (κ1) is 6.15. The monoisotopic (exact) mass is 152 g/mol. The van der Waals surface area contributed by atoms with Crippen molar-refractivity contribution in [2.24, 2.45) is 0 Å². The Kier molecular flexibility index (Phi) is 1.09. The smallest absolute Gasteiger partial charge is 0.177 e. The lowest BCUT2D eigenvalue weighted by Gasteiger charge is -1.87. The van der Waals surface area contributed by atoms with Crippen LogP contribution in [-0.4, -0.2) is 5.16 Å². The average molecular weight is 152 g/mol. The van der Waals surface area contributed by atoms with Crippen LogP contribution >= 0.6 is 0 Å². The number of halogens is 1. The summed E-state index contributed by atoms with van der Waals surface area (Å²) < 4.78 is 17.6. The third-order valence-electron chi connectivity index (χ3n) is 1.47. The van der Waals surface area contributed by atoms with Gasteiger partial charge >= 0.3 is 0 Å². The standard InChI is InChI=1S/C7H5FN2O/c8-4-2-1-3-5-6(4)7(9)10-11-5/h1-3H,(H2,9,10). The Bertz CT molecular complexity index is 396. The second-order valence-corrected chi connectivity index (χ2v) is 2.18. The predicted molar refractivity (Wildman–Crippen MR) is 38.4 cm³/mol. The second kappa shape index (κ2) is 1.95. The van der Waals surface area contributed by atoms with Crippen LogP contribution in [0.2, 0.25) is 0 Å². The van der Waals surface area contributed by atoms with Crippen molar-refractivity contribution in [3.8, 4) is 0 Å². The minimum atomic E-state index is -0.402. The maximum absolute atomic E-state index is 12.9. The predicted octanol–water partition coefficient (Wildman–Crippen LogP) is 1.55. The minimum Gasteiger partial charge on any atom is -0.380 e. The van der Waals surface area contributed by atoms with Gasteiger partial charge in [-0.1, -0.05) is 11.2 Å². The van der Waals surface area contributed by atoms with Gasteiger partial charge in [-0.15, -0.1) is 0 Å². The largest absolute Gasteiger partial charge is 0.380 e. The molecule has 0 aliphatic carbocycles. The van der Waals surface area contributed by atoms with E-state index >= 15 is 0 Å². The van der Waals surface area contributed by atoms with E-state index in [0.29, 0.717) is 5.58 Å². The van der Waals surface area contributed by atoms with Crippen molar-refractivity contribution in [1.82, 2.24) is 5.16 Å². The number of aromatic nitrogens is 1. The highest BCUT2D eigenvalue weighted by Crippen LogP contribution is 2.22. The number of anilines is 1. The topological polar surface area (TPSA) is 52.0 Å². The van der Waals surface area contributed by atoms with Crippen LogP contribution in [0.5, 0.6) is 0 Å². The highest BCUT2D eigenvalue weighted by Gasteiger charge is 2.08. The fourth-order valence-electron chi connectivity index (χ4n) is 0.973. The van der Waals surface area contributed by atoms with Crippen molar-refractivity contribution in [2.45, 2.75) is 0 Å². The molecule has 2 rings (SSSR count). The number of rotatable bonds is 0. The Balaban J connectivity index is 2.96. The SMILES string of the molecule is Nc1noc2cccc(F)c12. The van der Waals surface area contributed by atoms with Crippen LogP contribution in [-0.2, 0) is 0 Å². The van der Waals surface area contributed by atoms with Gasteiger partial charge in [0.25, 0.3) is 0 Å². The molecule has 1 aromatic carbocycles. The minimum absolute atomic E-state index is 0.0955. The molecule has 0 aliphatic rings. The molecule has 0 radical (unpaired) electrons. The zero-order valence-corrected chi connectivity index (χ0v) is 5.54. The van der Waals surface area contributed by atoms with Gasteiger partial charge in [-0.3, -0.25) is 0 Å². The quantitative estimate of drug-likeness (QED) is 0.623. The van der Waals surface area contributed by atoms with Crippen LogP contribution in [0.25, 0.3) is 11.0 Å². The average Bonchev–Trinajstić information content (AvgIpc) is 2.34. The fraction of sp³-hybridized carbons (Fsp3) is 0. The van der Waals surface area contributed by atoms with Gasteiger partial charge in [-0.2, -0.15) is 0 Å². The van der Waals surface area contributed by atoms with Crippen molar-refractivity contribution in [2.75, 3.05) is 5.73 Å². The molecule has 0 atom stereocenters. The van der Waals surface area contributed by atoms with Gasteiger partial charge in [0.1, 0.15) is 11.2 Å². The fourth-order valence-corrected chi connectivity index (χ4v) is 0.973. The number of benzene rings is 1. The molecular formula is C7H5FN2O. The van der Waals surface area contributed by atoms with E-state index in [1.165, 1.54) is 6.07 Å². The van der Waals surface area contributed by atoms with Crippen LogP contribution in [0.3, 0.4) is 0 Å². The molecular weight excluding hydrogens is 147 g/mol. The van der Waals surface area contributed by atoms with Gasteiger partial charge in [-0.05, 0) is 12.1 Å². The van der Waals surface area contributed by atoms with Crippen molar-refractivity contribution in [3.05, 3.63) is 24.0 Å². The first-order valence-electron chi connectivity index (χ1n) is 3.08. The van der Waals surface area contributed by atoms with Gasteiger partial charge in [0.05, 0.1) is 0 Å². The van der Waals surface area contributed by atoms with Crippen LogP contribution in [0.15, 0.2) is 22.7 Å². The lowest BCUT2D eigenvalue weighted by molar-refractivity contribution is 0.460. The Morgan fingerprint density at radius 1 is 1.45 bits per heavy atom. The number of hydrogen-bond acceptors (Lipinski definition) is 3. The summed E-state index contributed by atoms with van der Waals surface area (Å²) in [7, 11) is 0. The maximum Gasteiger partial charge on any atom is 0.177 e. The van der Waals surface area contributed by atoms with Crippen molar-refractivity contribution in [1.29, 1.82) is 0 Å². The van der Waals surface area contributed by atoms with E-state index in [9.17, 15) is 4.39 Å². The molecule has 2 N–H and O–H groups in total. The number of nitrogens with two attached hydrogens (primary N) is 1. The van der Waals surface area contributed by atoms with E-state index in [4.69, 9.17) is 10.3 Å². The summed E-state index contributed by atoms with van der Waals surface area (Å²) in [6, 6.07) is 4.47. The van der Waals surface area contributed by atoms with Crippen LogP contribution in [0.4, 0.5) is 10.2 Å². The zero-order chi connectivity index (χ0) is 7.84. The molecule has 0 aliphatic heterocycles. The molecule has 1 aromatic heterocycles. The summed E-state index contributed by atoms with van der Waals surface area (Å²) in [4.78, 5) is 0. The highest BCUT2D eigenvalue weighted by molar-refractivity contribution is 5.87. The van der Waals surface area contributed by atoms with E-state index in [2.05, 4.69) is 5.16 Å². The van der Waals surface area contributed by atoms with Crippen molar-refractivity contribution < 1.29 is 8.91 Å². The third kappa shape index (κ3) is 0.756. The molecule has 0 unspecified atom stereocenters. The van der Waals surface area contributed by atoms with Crippen LogP contribution in [0.1, 0.15) is 0 Å². The summed E-state index contributed by atoms with van der Waals surface area (Å²) in [6.07, 6.45) is 0. The van der Waals surface area contributed by atoms with E-state index in [0.717, 1.165) is 0 Å². The van der Waals surface area contributed by atoms with E-state index in [1.54, 1.807) is 12.1 Å². The zero-order valence-electron chi connectivity index (χ0n) is 5.54. The number of nitrogen functional groups attached to an aromatic ring is 1. The normalized spacial score (nSPS) is 10.6. The molecule has 0 bridgehead atoms. The maximum atomic E-state index is 12.9. The van der Waals surface area contributed by atoms with E-state index in [1.807, 2.05) is 0 Å². The number of fused-ring (bicyclic) bond motifs is 1. The van der Waals surface area contributed by atoms with Gasteiger partial charge in [-0.25, -0.2) is 4.39 Å². The van der Waals surface area contributed by atoms with Crippen LogP contribution < -0.4 is 5.73 Å². The Morgan fingerprint density at radius 3 is 3.00 bits per heavy atom. The van der Waals surface area contributed by atoms with Crippen molar-refractivity contribution in [3.63, 3.8) is 0 Å². The Morgan fingerprint density at radius 2 is 2.27 bits per heavy atom. The lowest BCUT2D eigenvalue weighted by atomic mass is 10.2. The first-order chi connectivity index (χ1) is 5.29. The molecule has 0 fully saturated rings. The molecule has 0 saturated carbocycles. The van der Waals surface area contributed by atoms with Gasteiger partial charge in [0.2, 0.25) is 0 Å². The lowest BCUT2D eigenvalue weighted by Crippen LogP contribution is -1.85. The summed E-state index contributed by atoms with van der Waals surface area (Å²) in [5.41, 5.74) is 5.71. The summed E-state index contributed by atoms with van der Waals surface area (Å²) >= 11 is 0. The van der Waals surface area contributed by atoms with Gasteiger partial charge < -0.3 is 10.3 Å². The molecule has 56 valence electrons. The molecule has 11 heavy (non-hydrogen) atoms. The Hall–Kier alpha value is -1.58. The number of hydrogen-bond donors (Lipinski definition) is 1. The van der Waals surface area contributed by atoms with Crippen LogP contribution in [0, 0.1) is 5.82 Å². The molecule has 4 heteroatoms. The molecule has 0 saturated heterocycles. The third-order valence-corrected chi connectivity index (χ3v) is 1.47.